The number of halogens is 1. The Kier molecular flexibility index (Phi) is 3.70. The first-order valence-corrected chi connectivity index (χ1v) is 7.57. The molecule has 4 aromatic rings. The molecule has 3 aromatic carbocycles. The lowest BCUT2D eigenvalue weighted by atomic mass is 10.0. The molecule has 0 fully saturated rings. The lowest BCUT2D eigenvalue weighted by molar-refractivity contribution is 0.102. The molecule has 1 amide bonds. The van der Waals surface area contributed by atoms with Crippen molar-refractivity contribution in [2.45, 2.75) is 0 Å². The number of carbonyl (C=O) groups excluding carboxylic acids is 1. The number of benzene rings is 3. The van der Waals surface area contributed by atoms with Crippen LogP contribution in [-0.4, -0.2) is 16.1 Å². The molecule has 0 spiro atoms. The number of hydrogen-bond donors (Lipinski definition) is 1. The summed E-state index contributed by atoms with van der Waals surface area (Å²) in [6, 6.07) is 16.7. The molecule has 25 heavy (non-hydrogen) atoms. The fourth-order valence-corrected chi connectivity index (χ4v) is 2.65. The highest BCUT2D eigenvalue weighted by atomic mass is 19.1. The zero-order valence-corrected chi connectivity index (χ0v) is 12.9. The van der Waals surface area contributed by atoms with Gasteiger partial charge in [0.05, 0.1) is 0 Å². The van der Waals surface area contributed by atoms with Crippen LogP contribution < -0.4 is 5.32 Å². The Morgan fingerprint density at radius 3 is 2.44 bits per heavy atom. The maximum Gasteiger partial charge on any atom is 0.256 e. The summed E-state index contributed by atoms with van der Waals surface area (Å²) < 4.78 is 19.0. The number of carbonyl (C=O) groups is 1. The summed E-state index contributed by atoms with van der Waals surface area (Å²) in [5.74, 6) is -0.250. The molecule has 0 saturated heterocycles. The minimum Gasteiger partial charge on any atom is -0.423 e. The summed E-state index contributed by atoms with van der Waals surface area (Å²) in [6.45, 7) is 0. The Morgan fingerprint density at radius 1 is 0.960 bits per heavy atom. The van der Waals surface area contributed by atoms with Gasteiger partial charge in [-0.15, -0.1) is 10.2 Å². The van der Waals surface area contributed by atoms with Crippen LogP contribution in [0.5, 0.6) is 0 Å². The van der Waals surface area contributed by atoms with Gasteiger partial charge in [-0.05, 0) is 41.8 Å². The Labute approximate surface area is 142 Å². The number of aromatic nitrogens is 2. The fourth-order valence-electron chi connectivity index (χ4n) is 2.65. The maximum atomic E-state index is 13.9. The number of nitrogens with zero attached hydrogens (tertiary/aromatic N) is 2. The van der Waals surface area contributed by atoms with E-state index in [0.717, 1.165) is 5.56 Å². The maximum absolute atomic E-state index is 13.9. The highest BCUT2D eigenvalue weighted by Gasteiger charge is 2.13. The fraction of sp³-hybridized carbons (Fsp3) is 0. The van der Waals surface area contributed by atoms with Gasteiger partial charge in [0.1, 0.15) is 5.82 Å². The topological polar surface area (TPSA) is 68.0 Å². The summed E-state index contributed by atoms with van der Waals surface area (Å²) >= 11 is 0. The zero-order valence-electron chi connectivity index (χ0n) is 12.9. The van der Waals surface area contributed by atoms with E-state index in [-0.39, 0.29) is 11.7 Å². The molecule has 6 heteroatoms. The minimum atomic E-state index is -0.351. The van der Waals surface area contributed by atoms with Crippen molar-refractivity contribution in [1.29, 1.82) is 0 Å². The second-order valence-corrected chi connectivity index (χ2v) is 5.42. The van der Waals surface area contributed by atoms with Crippen LogP contribution in [0.3, 0.4) is 0 Å². The van der Waals surface area contributed by atoms with Crippen molar-refractivity contribution in [2.75, 3.05) is 5.32 Å². The monoisotopic (exact) mass is 333 g/mol. The molecule has 0 aliphatic rings. The van der Waals surface area contributed by atoms with Crippen LogP contribution in [0.15, 0.2) is 71.5 Å². The Bertz CT molecular complexity index is 1040. The summed E-state index contributed by atoms with van der Waals surface area (Å²) in [5.41, 5.74) is 1.78. The molecule has 0 aliphatic carbocycles. The smallest absolute Gasteiger partial charge is 0.256 e. The van der Waals surface area contributed by atoms with E-state index in [1.54, 1.807) is 48.5 Å². The first-order valence-electron chi connectivity index (χ1n) is 7.57. The zero-order chi connectivity index (χ0) is 17.2. The third kappa shape index (κ3) is 2.85. The van der Waals surface area contributed by atoms with Crippen LogP contribution in [0, 0.1) is 5.82 Å². The number of fused-ring (bicyclic) bond motifs is 1. The van der Waals surface area contributed by atoms with Gasteiger partial charge < -0.3 is 9.73 Å². The lowest BCUT2D eigenvalue weighted by Crippen LogP contribution is -2.12. The predicted octanol–water partition coefficient (Wildman–Crippen LogP) is 4.28. The molecular formula is C19H12FN3O2. The van der Waals surface area contributed by atoms with E-state index < -0.39 is 0 Å². The van der Waals surface area contributed by atoms with Crippen molar-refractivity contribution in [3.8, 4) is 11.5 Å². The van der Waals surface area contributed by atoms with E-state index in [9.17, 15) is 9.18 Å². The quantitative estimate of drug-likeness (QED) is 0.607. The average Bonchev–Trinajstić information content (AvgIpc) is 3.17. The molecule has 0 bridgehead atoms. The normalized spacial score (nSPS) is 10.8. The van der Waals surface area contributed by atoms with Gasteiger partial charge in [-0.3, -0.25) is 4.79 Å². The summed E-state index contributed by atoms with van der Waals surface area (Å²) in [5, 5.41) is 11.3. The van der Waals surface area contributed by atoms with Crippen LogP contribution in [0.1, 0.15) is 10.4 Å². The number of amides is 1. The number of nitrogens with one attached hydrogen (secondary N) is 1. The molecule has 1 aromatic heterocycles. The minimum absolute atomic E-state index is 0.304. The molecule has 1 N–H and O–H groups in total. The van der Waals surface area contributed by atoms with E-state index in [1.807, 2.05) is 0 Å². The molecule has 4 rings (SSSR count). The molecule has 0 saturated carbocycles. The van der Waals surface area contributed by atoms with Crippen LogP contribution >= 0.6 is 0 Å². The third-order valence-corrected chi connectivity index (χ3v) is 3.87. The summed E-state index contributed by atoms with van der Waals surface area (Å²) in [7, 11) is 0. The van der Waals surface area contributed by atoms with Crippen LogP contribution in [0.2, 0.25) is 0 Å². The van der Waals surface area contributed by atoms with Gasteiger partial charge in [0, 0.05) is 22.2 Å². The van der Waals surface area contributed by atoms with Crippen LogP contribution in [0.4, 0.5) is 10.1 Å². The van der Waals surface area contributed by atoms with E-state index in [2.05, 4.69) is 15.5 Å². The van der Waals surface area contributed by atoms with E-state index >= 15 is 0 Å². The van der Waals surface area contributed by atoms with Crippen molar-refractivity contribution in [1.82, 2.24) is 10.2 Å². The molecular weight excluding hydrogens is 321 g/mol. The molecule has 1 heterocycles. The van der Waals surface area contributed by atoms with E-state index in [1.165, 1.54) is 18.5 Å². The largest absolute Gasteiger partial charge is 0.423 e. The molecule has 0 atom stereocenters. The second-order valence-electron chi connectivity index (χ2n) is 5.42. The van der Waals surface area contributed by atoms with Crippen LogP contribution in [-0.2, 0) is 0 Å². The number of hydrogen-bond acceptors (Lipinski definition) is 4. The number of anilines is 1. The van der Waals surface area contributed by atoms with Crippen molar-refractivity contribution in [2.24, 2.45) is 0 Å². The van der Waals surface area contributed by atoms with Crippen molar-refractivity contribution < 1.29 is 13.6 Å². The average molecular weight is 333 g/mol. The van der Waals surface area contributed by atoms with Crippen molar-refractivity contribution in [3.63, 3.8) is 0 Å². The molecule has 5 nitrogen and oxygen atoms in total. The SMILES string of the molecule is O=C(Nc1ccc(-c2nnco2)cc1)c1ccc(F)c2ccccc12. The molecule has 0 radical (unpaired) electrons. The van der Waals surface area contributed by atoms with Gasteiger partial charge in [-0.2, -0.15) is 0 Å². The Morgan fingerprint density at radius 2 is 1.72 bits per heavy atom. The Balaban J connectivity index is 1.61. The predicted molar refractivity (Wildman–Crippen MR) is 91.6 cm³/mol. The van der Waals surface area contributed by atoms with Crippen LogP contribution in [0.25, 0.3) is 22.2 Å². The summed E-state index contributed by atoms with van der Waals surface area (Å²) in [6.07, 6.45) is 1.25. The summed E-state index contributed by atoms with van der Waals surface area (Å²) in [4.78, 5) is 12.6. The van der Waals surface area contributed by atoms with Gasteiger partial charge in [0.2, 0.25) is 12.3 Å². The van der Waals surface area contributed by atoms with Crippen molar-refractivity contribution >= 4 is 22.4 Å². The standard InChI is InChI=1S/C19H12FN3O2/c20-17-10-9-16(14-3-1-2-4-15(14)17)18(24)22-13-7-5-12(6-8-13)19-23-21-11-25-19/h1-11H,(H,22,24). The van der Waals surface area contributed by atoms with Gasteiger partial charge in [-0.25, -0.2) is 4.39 Å². The third-order valence-electron chi connectivity index (χ3n) is 3.87. The highest BCUT2D eigenvalue weighted by Crippen LogP contribution is 2.24. The van der Waals surface area contributed by atoms with Gasteiger partial charge in [0.25, 0.3) is 5.91 Å². The molecule has 122 valence electrons. The Hall–Kier alpha value is -3.54. The van der Waals surface area contributed by atoms with E-state index in [0.29, 0.717) is 27.9 Å². The molecule has 0 unspecified atom stereocenters. The van der Waals surface area contributed by atoms with Gasteiger partial charge in [0.15, 0.2) is 0 Å². The number of rotatable bonds is 3. The van der Waals surface area contributed by atoms with E-state index in [4.69, 9.17) is 4.42 Å². The second kappa shape index (κ2) is 6.16. The lowest BCUT2D eigenvalue weighted by Gasteiger charge is -2.09. The van der Waals surface area contributed by atoms with Crippen molar-refractivity contribution in [3.05, 3.63) is 78.4 Å². The first-order chi connectivity index (χ1) is 12.2. The van der Waals surface area contributed by atoms with Gasteiger partial charge >= 0.3 is 0 Å². The highest BCUT2D eigenvalue weighted by molar-refractivity contribution is 6.13. The molecule has 0 aliphatic heterocycles. The van der Waals surface area contributed by atoms with Gasteiger partial charge in [-0.1, -0.05) is 24.3 Å². The first kappa shape index (κ1) is 15.0.